The third-order valence-electron chi connectivity index (χ3n) is 2.57. The second kappa shape index (κ2) is 5.30. The fourth-order valence-electron chi connectivity index (χ4n) is 1.57. The third kappa shape index (κ3) is 2.47. The maximum atomic E-state index is 6.13. The van der Waals surface area contributed by atoms with Gasteiger partial charge in [-0.1, -0.05) is 34.5 Å². The first-order chi connectivity index (χ1) is 7.70. The summed E-state index contributed by atoms with van der Waals surface area (Å²) >= 11 is 11.5. The molecule has 0 aliphatic rings. The van der Waals surface area contributed by atoms with Gasteiger partial charge < -0.3 is 0 Å². The number of aromatic nitrogens is 1. The summed E-state index contributed by atoms with van der Waals surface area (Å²) in [4.78, 5) is 5.47. The Kier molecular flexibility index (Phi) is 4.00. The van der Waals surface area contributed by atoms with Crippen LogP contribution in [0, 0.1) is 0 Å². The van der Waals surface area contributed by atoms with Crippen molar-refractivity contribution >= 4 is 38.9 Å². The molecule has 0 amide bonds. The number of hydrogen-bond acceptors (Lipinski definition) is 2. The number of thiophene rings is 1. The summed E-state index contributed by atoms with van der Waals surface area (Å²) in [6.45, 7) is 2.19. The Morgan fingerprint density at radius 1 is 1.31 bits per heavy atom. The highest BCUT2D eigenvalue weighted by atomic mass is 79.9. The van der Waals surface area contributed by atoms with Gasteiger partial charge in [0, 0.05) is 17.3 Å². The zero-order valence-corrected chi connectivity index (χ0v) is 11.9. The molecule has 84 valence electrons. The van der Waals surface area contributed by atoms with Crippen molar-refractivity contribution in [3.05, 3.63) is 51.4 Å². The molecule has 0 bridgehead atoms. The summed E-state index contributed by atoms with van der Waals surface area (Å²) in [5.74, 6) is 0.374. The molecule has 0 N–H and O–H groups in total. The first kappa shape index (κ1) is 12.1. The number of hydrogen-bond donors (Lipinski definition) is 0. The molecule has 2 aromatic heterocycles. The minimum absolute atomic E-state index is 0.252. The zero-order chi connectivity index (χ0) is 11.5. The van der Waals surface area contributed by atoms with E-state index < -0.39 is 0 Å². The Hall–Kier alpha value is -0.380. The lowest BCUT2D eigenvalue weighted by molar-refractivity contribution is 0.760. The van der Waals surface area contributed by atoms with Crippen molar-refractivity contribution in [2.75, 3.05) is 0 Å². The molecule has 0 radical (unpaired) electrons. The van der Waals surface area contributed by atoms with Gasteiger partial charge in [0.25, 0.3) is 0 Å². The van der Waals surface area contributed by atoms with Crippen LogP contribution in [0.5, 0.6) is 0 Å². The fourth-order valence-corrected chi connectivity index (χ4v) is 3.83. The van der Waals surface area contributed by atoms with Crippen molar-refractivity contribution in [3.8, 4) is 0 Å². The summed E-state index contributed by atoms with van der Waals surface area (Å²) in [5.41, 5.74) is 1.27. The maximum Gasteiger partial charge on any atom is 0.0569 e. The third-order valence-corrected chi connectivity index (χ3v) is 5.56. The van der Waals surface area contributed by atoms with E-state index >= 15 is 0 Å². The van der Waals surface area contributed by atoms with Crippen LogP contribution >= 0.6 is 38.9 Å². The lowest BCUT2D eigenvalue weighted by Crippen LogP contribution is -2.00. The predicted molar refractivity (Wildman–Crippen MR) is 73.6 cm³/mol. The van der Waals surface area contributed by atoms with Gasteiger partial charge in [0.2, 0.25) is 0 Å². The minimum Gasteiger partial charge on any atom is -0.265 e. The van der Waals surface area contributed by atoms with Gasteiger partial charge in [-0.3, -0.25) is 4.98 Å². The molecule has 2 unspecified atom stereocenters. The van der Waals surface area contributed by atoms with Crippen LogP contribution < -0.4 is 0 Å². The van der Waals surface area contributed by atoms with E-state index in [0.29, 0.717) is 5.92 Å². The molecule has 2 heterocycles. The average molecular weight is 317 g/mol. The zero-order valence-electron chi connectivity index (χ0n) is 8.73. The van der Waals surface area contributed by atoms with E-state index in [9.17, 15) is 0 Å². The Bertz CT molecular complexity index is 457. The van der Waals surface area contributed by atoms with Gasteiger partial charge in [-0.25, -0.2) is 0 Å². The average Bonchev–Trinajstić information content (AvgIpc) is 2.75. The van der Waals surface area contributed by atoms with Gasteiger partial charge >= 0.3 is 0 Å². The van der Waals surface area contributed by atoms with Gasteiger partial charge in [-0.2, -0.15) is 0 Å². The van der Waals surface area contributed by atoms with Crippen LogP contribution in [0.2, 0.25) is 5.02 Å². The number of halogens is 2. The van der Waals surface area contributed by atoms with Crippen LogP contribution in [0.25, 0.3) is 0 Å². The van der Waals surface area contributed by atoms with Gasteiger partial charge in [-0.15, -0.1) is 11.3 Å². The highest BCUT2D eigenvalue weighted by molar-refractivity contribution is 9.09. The van der Waals surface area contributed by atoms with E-state index in [4.69, 9.17) is 11.6 Å². The summed E-state index contributed by atoms with van der Waals surface area (Å²) in [5, 5.41) is 2.86. The molecule has 2 aromatic rings. The molecule has 0 spiro atoms. The Labute approximate surface area is 113 Å². The van der Waals surface area contributed by atoms with Crippen molar-refractivity contribution in [1.82, 2.24) is 4.98 Å². The van der Waals surface area contributed by atoms with Crippen LogP contribution in [0.15, 0.2) is 36.0 Å². The fraction of sp³-hybridized carbons (Fsp3) is 0.250. The Morgan fingerprint density at radius 3 is 2.56 bits per heavy atom. The van der Waals surface area contributed by atoms with Crippen LogP contribution in [0.3, 0.4) is 0 Å². The standard InChI is InChI=1S/C12H11BrClNS/c1-8(9-2-5-15-6-3-9)11(13)12-10(14)4-7-16-12/h2-8,11H,1H3. The lowest BCUT2D eigenvalue weighted by Gasteiger charge is -2.17. The molecule has 1 nitrogen and oxygen atoms in total. The molecule has 2 rings (SSSR count). The number of rotatable bonds is 3. The Morgan fingerprint density at radius 2 is 2.00 bits per heavy atom. The first-order valence-corrected chi connectivity index (χ1v) is 7.14. The number of nitrogens with zero attached hydrogens (tertiary/aromatic N) is 1. The van der Waals surface area contributed by atoms with Crippen LogP contribution in [0.4, 0.5) is 0 Å². The van der Waals surface area contributed by atoms with E-state index in [1.165, 1.54) is 10.4 Å². The molecule has 0 aliphatic heterocycles. The summed E-state index contributed by atoms with van der Waals surface area (Å²) in [6, 6.07) is 6.02. The molecule has 0 fully saturated rings. The SMILES string of the molecule is CC(c1ccncc1)C(Br)c1sccc1Cl. The van der Waals surface area contributed by atoms with Crippen molar-refractivity contribution in [1.29, 1.82) is 0 Å². The van der Waals surface area contributed by atoms with Crippen LogP contribution in [-0.4, -0.2) is 4.98 Å². The summed E-state index contributed by atoms with van der Waals surface area (Å²) in [6.07, 6.45) is 3.64. The van der Waals surface area contributed by atoms with E-state index in [2.05, 4.69) is 27.8 Å². The Balaban J connectivity index is 2.23. The van der Waals surface area contributed by atoms with Crippen LogP contribution in [0.1, 0.15) is 28.1 Å². The van der Waals surface area contributed by atoms with Crippen molar-refractivity contribution in [2.24, 2.45) is 0 Å². The van der Waals surface area contributed by atoms with E-state index in [-0.39, 0.29) is 4.83 Å². The van der Waals surface area contributed by atoms with Crippen LogP contribution in [-0.2, 0) is 0 Å². The minimum atomic E-state index is 0.252. The molecule has 0 saturated carbocycles. The summed E-state index contributed by atoms with van der Waals surface area (Å²) in [7, 11) is 0. The van der Waals surface area contributed by atoms with E-state index in [0.717, 1.165) is 5.02 Å². The predicted octanol–water partition coefficient (Wildman–Crippen LogP) is 5.04. The topological polar surface area (TPSA) is 12.9 Å². The molecular formula is C12H11BrClNS. The molecule has 0 aliphatic carbocycles. The maximum absolute atomic E-state index is 6.13. The molecule has 0 saturated heterocycles. The lowest BCUT2D eigenvalue weighted by atomic mass is 9.98. The van der Waals surface area contributed by atoms with Crippen molar-refractivity contribution in [2.45, 2.75) is 17.7 Å². The number of alkyl halides is 1. The molecule has 0 aromatic carbocycles. The van der Waals surface area contributed by atoms with E-state index in [1.54, 1.807) is 11.3 Å². The largest absolute Gasteiger partial charge is 0.265 e. The van der Waals surface area contributed by atoms with E-state index in [1.807, 2.05) is 36.0 Å². The quantitative estimate of drug-likeness (QED) is 0.723. The smallest absolute Gasteiger partial charge is 0.0569 e. The van der Waals surface area contributed by atoms with Crippen molar-refractivity contribution in [3.63, 3.8) is 0 Å². The van der Waals surface area contributed by atoms with Gasteiger partial charge in [0.1, 0.15) is 0 Å². The highest BCUT2D eigenvalue weighted by Crippen LogP contribution is 2.42. The normalized spacial score (nSPS) is 14.7. The first-order valence-electron chi connectivity index (χ1n) is 4.97. The second-order valence-corrected chi connectivity index (χ2v) is 5.95. The highest BCUT2D eigenvalue weighted by Gasteiger charge is 2.21. The summed E-state index contributed by atoms with van der Waals surface area (Å²) < 4.78 is 0. The van der Waals surface area contributed by atoms with Gasteiger partial charge in [-0.05, 0) is 35.1 Å². The molecule has 4 heteroatoms. The monoisotopic (exact) mass is 315 g/mol. The number of pyridine rings is 1. The van der Waals surface area contributed by atoms with Crippen molar-refractivity contribution < 1.29 is 0 Å². The molecule has 16 heavy (non-hydrogen) atoms. The molecule has 2 atom stereocenters. The second-order valence-electron chi connectivity index (χ2n) is 3.60. The van der Waals surface area contributed by atoms with Gasteiger partial charge in [0.05, 0.1) is 9.85 Å². The molecular weight excluding hydrogens is 306 g/mol. The van der Waals surface area contributed by atoms with Gasteiger partial charge in [0.15, 0.2) is 0 Å².